The Morgan fingerprint density at radius 3 is 2.69 bits per heavy atom. The van der Waals surface area contributed by atoms with Crippen molar-refractivity contribution in [1.29, 1.82) is 0 Å². The fraction of sp³-hybridized carbons (Fsp3) is 0.412. The number of anilines is 1. The summed E-state index contributed by atoms with van der Waals surface area (Å²) >= 11 is 7.77. The van der Waals surface area contributed by atoms with Gasteiger partial charge in [-0.1, -0.05) is 11.6 Å². The quantitative estimate of drug-likeness (QED) is 0.719. The van der Waals surface area contributed by atoms with Gasteiger partial charge in [0.2, 0.25) is 0 Å². The summed E-state index contributed by atoms with van der Waals surface area (Å²) < 4.78 is 5.27. The van der Waals surface area contributed by atoms with E-state index < -0.39 is 0 Å². The van der Waals surface area contributed by atoms with E-state index in [4.69, 9.17) is 22.1 Å². The van der Waals surface area contributed by atoms with E-state index in [2.05, 4.69) is 4.98 Å². The zero-order chi connectivity index (χ0) is 17.3. The number of nitrogens with two attached hydrogens (primary N) is 1. The van der Waals surface area contributed by atoms with E-state index in [0.29, 0.717) is 28.6 Å². The third kappa shape index (κ3) is 4.74. The molecule has 1 amide bonds. The number of fused-ring (bicyclic) bond motifs is 1. The van der Waals surface area contributed by atoms with Crippen molar-refractivity contribution in [2.75, 3.05) is 19.9 Å². The van der Waals surface area contributed by atoms with Crippen molar-refractivity contribution in [3.8, 4) is 5.75 Å². The van der Waals surface area contributed by atoms with Gasteiger partial charge in [-0.15, -0.1) is 36.2 Å². The first kappa shape index (κ1) is 22.8. The first-order valence-electron chi connectivity index (χ1n) is 7.85. The standard InChI is InChI=1S/C17H20ClN3O2S.2ClH/c1-21(9-16-20-13-5-3-4-6-15(13)24-16)17(22)10-7-11(18)12(19)8-14(10)23-2;;/h7-8H,3-6,9,19H2,1-2H3;2*1H. The van der Waals surface area contributed by atoms with Crippen LogP contribution in [0.5, 0.6) is 5.75 Å². The Morgan fingerprint density at radius 2 is 2.04 bits per heavy atom. The second kappa shape index (κ2) is 9.65. The van der Waals surface area contributed by atoms with E-state index in [1.54, 1.807) is 35.4 Å². The van der Waals surface area contributed by atoms with Crippen LogP contribution < -0.4 is 10.5 Å². The number of nitrogen functional groups attached to an aromatic ring is 1. The van der Waals surface area contributed by atoms with Gasteiger partial charge in [-0.2, -0.15) is 0 Å². The average molecular weight is 439 g/mol. The van der Waals surface area contributed by atoms with E-state index in [1.807, 2.05) is 0 Å². The van der Waals surface area contributed by atoms with Gasteiger partial charge < -0.3 is 15.4 Å². The molecule has 0 fully saturated rings. The average Bonchev–Trinajstić information content (AvgIpc) is 2.98. The van der Waals surface area contributed by atoms with Crippen LogP contribution in [0.1, 0.15) is 38.8 Å². The molecule has 144 valence electrons. The van der Waals surface area contributed by atoms with Crippen LogP contribution in [0.15, 0.2) is 12.1 Å². The second-order valence-corrected chi connectivity index (χ2v) is 7.50. The zero-order valence-corrected chi connectivity index (χ0v) is 17.8. The molecule has 0 saturated heterocycles. The fourth-order valence-corrected chi connectivity index (χ4v) is 4.23. The fourth-order valence-electron chi connectivity index (χ4n) is 2.86. The molecule has 9 heteroatoms. The summed E-state index contributed by atoms with van der Waals surface area (Å²) in [6.07, 6.45) is 4.58. The number of halogens is 3. The Morgan fingerprint density at radius 1 is 1.35 bits per heavy atom. The van der Waals surface area contributed by atoms with Crippen molar-refractivity contribution in [1.82, 2.24) is 9.88 Å². The minimum atomic E-state index is -0.165. The van der Waals surface area contributed by atoms with Crippen molar-refractivity contribution in [3.05, 3.63) is 38.3 Å². The topological polar surface area (TPSA) is 68.5 Å². The number of hydrogen-bond acceptors (Lipinski definition) is 5. The smallest absolute Gasteiger partial charge is 0.257 e. The van der Waals surface area contributed by atoms with Gasteiger partial charge in [0.05, 0.1) is 35.6 Å². The third-order valence-electron chi connectivity index (χ3n) is 4.16. The van der Waals surface area contributed by atoms with Crippen molar-refractivity contribution in [2.24, 2.45) is 0 Å². The molecule has 1 aromatic carbocycles. The highest BCUT2D eigenvalue weighted by Crippen LogP contribution is 2.31. The molecule has 0 spiro atoms. The summed E-state index contributed by atoms with van der Waals surface area (Å²) in [5.41, 5.74) is 7.77. The monoisotopic (exact) mass is 437 g/mol. The van der Waals surface area contributed by atoms with Crippen LogP contribution in [0.2, 0.25) is 5.02 Å². The number of methoxy groups -OCH3 is 1. The molecule has 5 nitrogen and oxygen atoms in total. The highest BCUT2D eigenvalue weighted by atomic mass is 35.5. The van der Waals surface area contributed by atoms with E-state index in [1.165, 1.54) is 30.5 Å². The van der Waals surface area contributed by atoms with Gasteiger partial charge in [0.15, 0.2) is 0 Å². The Bertz CT molecular complexity index is 759. The van der Waals surface area contributed by atoms with E-state index in [0.717, 1.165) is 17.8 Å². The molecule has 2 aromatic rings. The van der Waals surface area contributed by atoms with Gasteiger partial charge in [-0.3, -0.25) is 4.79 Å². The van der Waals surface area contributed by atoms with Crippen molar-refractivity contribution in [2.45, 2.75) is 32.2 Å². The molecule has 3 rings (SSSR count). The number of hydrogen-bond donors (Lipinski definition) is 1. The highest BCUT2D eigenvalue weighted by molar-refractivity contribution is 7.11. The normalized spacial score (nSPS) is 12.4. The number of carbonyl (C=O) groups is 1. The lowest BCUT2D eigenvalue weighted by molar-refractivity contribution is 0.0781. The van der Waals surface area contributed by atoms with Crippen LogP contribution in [0.4, 0.5) is 5.69 Å². The number of ether oxygens (including phenoxy) is 1. The Labute approximate surface area is 174 Å². The van der Waals surface area contributed by atoms with Crippen LogP contribution in [-0.4, -0.2) is 29.9 Å². The van der Waals surface area contributed by atoms with Gasteiger partial charge in [-0.05, 0) is 31.7 Å². The maximum atomic E-state index is 12.8. The van der Waals surface area contributed by atoms with Gasteiger partial charge in [0, 0.05) is 18.0 Å². The summed E-state index contributed by atoms with van der Waals surface area (Å²) in [5.74, 6) is 0.258. The molecule has 26 heavy (non-hydrogen) atoms. The van der Waals surface area contributed by atoms with Crippen molar-refractivity contribution >= 4 is 59.3 Å². The molecule has 1 heterocycles. The van der Waals surface area contributed by atoms with Crippen molar-refractivity contribution < 1.29 is 9.53 Å². The molecule has 1 aliphatic carbocycles. The van der Waals surface area contributed by atoms with Crippen LogP contribution in [-0.2, 0) is 19.4 Å². The maximum absolute atomic E-state index is 12.8. The minimum Gasteiger partial charge on any atom is -0.496 e. The summed E-state index contributed by atoms with van der Waals surface area (Å²) in [4.78, 5) is 20.4. The number of aryl methyl sites for hydroxylation is 2. The molecule has 2 N–H and O–H groups in total. The predicted molar refractivity (Wildman–Crippen MR) is 111 cm³/mol. The number of thiazole rings is 1. The van der Waals surface area contributed by atoms with Gasteiger partial charge in [-0.25, -0.2) is 4.98 Å². The Balaban J connectivity index is 0.00000169. The molecular formula is C17H22Cl3N3O2S. The lowest BCUT2D eigenvalue weighted by atomic mass is 10.0. The molecule has 0 atom stereocenters. The first-order valence-corrected chi connectivity index (χ1v) is 9.05. The van der Waals surface area contributed by atoms with E-state index >= 15 is 0 Å². The zero-order valence-electron chi connectivity index (χ0n) is 14.6. The van der Waals surface area contributed by atoms with Crippen LogP contribution in [0, 0.1) is 0 Å². The molecule has 0 radical (unpaired) electrons. The number of nitrogens with zero attached hydrogens (tertiary/aromatic N) is 2. The number of carbonyl (C=O) groups excluding carboxylic acids is 1. The first-order chi connectivity index (χ1) is 11.5. The van der Waals surface area contributed by atoms with Crippen LogP contribution in [0.25, 0.3) is 0 Å². The number of amides is 1. The van der Waals surface area contributed by atoms with E-state index in [9.17, 15) is 4.79 Å². The SMILES string of the molecule is COc1cc(N)c(Cl)cc1C(=O)N(C)Cc1nc2c(s1)CCCC2.Cl.Cl. The maximum Gasteiger partial charge on any atom is 0.257 e. The summed E-state index contributed by atoms with van der Waals surface area (Å²) in [5, 5.41) is 1.32. The summed E-state index contributed by atoms with van der Waals surface area (Å²) in [6, 6.07) is 3.13. The molecule has 1 aliphatic rings. The number of aromatic nitrogens is 1. The van der Waals surface area contributed by atoms with Crippen molar-refractivity contribution in [3.63, 3.8) is 0 Å². The summed E-state index contributed by atoms with van der Waals surface area (Å²) in [6.45, 7) is 0.474. The second-order valence-electron chi connectivity index (χ2n) is 5.92. The molecule has 0 unspecified atom stereocenters. The molecule has 0 saturated carbocycles. The third-order valence-corrected chi connectivity index (χ3v) is 5.63. The predicted octanol–water partition coefficient (Wildman–Crippen LogP) is 4.38. The molecule has 0 aliphatic heterocycles. The lowest BCUT2D eigenvalue weighted by Gasteiger charge is -2.18. The number of rotatable bonds is 4. The molecular weight excluding hydrogens is 417 g/mol. The minimum absolute atomic E-state index is 0. The van der Waals surface area contributed by atoms with Gasteiger partial charge in [0.1, 0.15) is 10.8 Å². The largest absolute Gasteiger partial charge is 0.496 e. The van der Waals surface area contributed by atoms with Crippen LogP contribution in [0.3, 0.4) is 0 Å². The van der Waals surface area contributed by atoms with Crippen LogP contribution >= 0.6 is 47.8 Å². The van der Waals surface area contributed by atoms with Gasteiger partial charge in [0.25, 0.3) is 5.91 Å². The highest BCUT2D eigenvalue weighted by Gasteiger charge is 2.21. The summed E-state index contributed by atoms with van der Waals surface area (Å²) in [7, 11) is 3.26. The Hall–Kier alpha value is -1.21. The molecule has 1 aromatic heterocycles. The number of benzene rings is 1. The molecule has 0 bridgehead atoms. The van der Waals surface area contributed by atoms with Gasteiger partial charge >= 0.3 is 0 Å². The Kier molecular flexibility index (Phi) is 8.47. The lowest BCUT2D eigenvalue weighted by Crippen LogP contribution is -2.26. The van der Waals surface area contributed by atoms with E-state index in [-0.39, 0.29) is 30.7 Å².